The first-order valence-corrected chi connectivity index (χ1v) is 25.3. The van der Waals surface area contributed by atoms with Crippen LogP contribution in [0.25, 0.3) is 0 Å². The van der Waals surface area contributed by atoms with E-state index < -0.39 is 98.6 Å². The van der Waals surface area contributed by atoms with E-state index in [4.69, 9.17) is 56.5 Å². The molecule has 2 heterocycles. The molecule has 2 saturated heterocycles. The van der Waals surface area contributed by atoms with Crippen molar-refractivity contribution in [2.45, 2.75) is 127 Å². The van der Waals surface area contributed by atoms with Gasteiger partial charge >= 0.3 is 17.9 Å². The molecular weight excluding hydrogens is 917 g/mol. The molecule has 16 heteroatoms. The summed E-state index contributed by atoms with van der Waals surface area (Å²) in [6.45, 7) is 16.0. The van der Waals surface area contributed by atoms with Gasteiger partial charge in [0.2, 0.25) is 0 Å². The molecule has 10 atom stereocenters. The largest absolute Gasteiger partial charge is 0.497 e. The Hall–Kier alpha value is -5.43. The van der Waals surface area contributed by atoms with Crippen molar-refractivity contribution in [2.24, 2.45) is 0 Å². The van der Waals surface area contributed by atoms with Gasteiger partial charge in [-0.1, -0.05) is 118 Å². The zero-order valence-electron chi connectivity index (χ0n) is 41.8. The number of hydrogen-bond acceptors (Lipinski definition) is 15. The number of carbonyl (C=O) groups is 3. The summed E-state index contributed by atoms with van der Waals surface area (Å²) in [5.41, 5.74) is -0.0925. The van der Waals surface area contributed by atoms with Crippen molar-refractivity contribution in [3.8, 4) is 11.5 Å². The lowest BCUT2D eigenvalue weighted by Crippen LogP contribution is -2.70. The average Bonchev–Trinajstić information content (AvgIpc) is 3.34. The molecule has 0 radical (unpaired) electrons. The summed E-state index contributed by atoms with van der Waals surface area (Å²) in [6, 6.07) is 35.5. The maximum Gasteiger partial charge on any atom is 0.303 e. The zero-order chi connectivity index (χ0) is 50.6. The molecule has 4 unspecified atom stereocenters. The van der Waals surface area contributed by atoms with E-state index in [0.29, 0.717) is 11.5 Å². The first-order chi connectivity index (χ1) is 33.5. The summed E-state index contributed by atoms with van der Waals surface area (Å²) < 4.78 is 76.7. The molecule has 0 spiro atoms. The minimum Gasteiger partial charge on any atom is -0.497 e. The standard InChI is InChI=1S/C54H68O15Si/c1-12-54(34-63-36(3)55)51(67-38(5)57)49(60-11)50(66-37(4)56)52(69-54)68-47-45(33-64-70(53(6,7)8,43-19-15-13-16-20-43)44-21-17-14-18-22-44)65-35(2)46(61-31-39-23-27-41(58-9)28-24-39)48(47)62-32-40-25-29-42(59-10)30-26-40/h12-30,35,45-52H,1,31-34H2,2-11H3/t35-,45?,46?,47-,48-,49-,50?,51+,52-,54?/m1/s1. The SMILES string of the molecule is C=CC1(COC(C)=O)O[C@@H](O[C@@H]2C(CO[Si](c3ccccc3)(c3ccccc3)C(C)(C)C)O[C@H](C)C(OCc3ccc(OC)cc3)[C@H]2OCc2ccc(OC)cc2)C(OC(C)=O)[C@@H](OC)[C@@H]1OC(C)=O. The van der Waals surface area contributed by atoms with Crippen LogP contribution in [0.5, 0.6) is 11.5 Å². The van der Waals surface area contributed by atoms with Crippen LogP contribution in [0, 0.1) is 0 Å². The topological polar surface area (TPSA) is 162 Å². The van der Waals surface area contributed by atoms with E-state index in [-0.39, 0.29) is 19.8 Å². The van der Waals surface area contributed by atoms with Gasteiger partial charge in [0.25, 0.3) is 8.32 Å². The molecule has 2 aliphatic rings. The van der Waals surface area contributed by atoms with Crippen molar-refractivity contribution in [2.75, 3.05) is 34.5 Å². The fourth-order valence-corrected chi connectivity index (χ4v) is 13.9. The third-order valence-corrected chi connectivity index (χ3v) is 17.7. The second kappa shape index (κ2) is 24.1. The van der Waals surface area contributed by atoms with E-state index in [1.807, 2.05) is 91.9 Å². The van der Waals surface area contributed by atoms with E-state index in [9.17, 15) is 14.4 Å². The highest BCUT2D eigenvalue weighted by Gasteiger charge is 2.61. The predicted molar refractivity (Wildman–Crippen MR) is 262 cm³/mol. The molecule has 378 valence electrons. The van der Waals surface area contributed by atoms with Crippen molar-refractivity contribution in [3.63, 3.8) is 0 Å². The van der Waals surface area contributed by atoms with Gasteiger partial charge in [-0.3, -0.25) is 14.4 Å². The monoisotopic (exact) mass is 984 g/mol. The van der Waals surface area contributed by atoms with Gasteiger partial charge in [-0.15, -0.1) is 0 Å². The third kappa shape index (κ3) is 12.5. The lowest BCUT2D eigenvalue weighted by Gasteiger charge is -2.52. The Bertz CT molecular complexity index is 2270. The van der Waals surface area contributed by atoms with Crippen LogP contribution in [0.3, 0.4) is 0 Å². The first-order valence-electron chi connectivity index (χ1n) is 23.4. The summed E-state index contributed by atoms with van der Waals surface area (Å²) in [6.07, 6.45) is -8.48. The molecule has 15 nitrogen and oxygen atoms in total. The summed E-state index contributed by atoms with van der Waals surface area (Å²) in [5, 5.41) is 1.69. The van der Waals surface area contributed by atoms with E-state index in [0.717, 1.165) is 21.5 Å². The highest BCUT2D eigenvalue weighted by molar-refractivity contribution is 6.99. The quantitative estimate of drug-likeness (QED) is 0.0378. The number of esters is 3. The Balaban J connectivity index is 1.51. The lowest BCUT2D eigenvalue weighted by molar-refractivity contribution is -0.364. The number of rotatable bonds is 21. The van der Waals surface area contributed by atoms with Crippen LogP contribution in [0.15, 0.2) is 122 Å². The van der Waals surface area contributed by atoms with Gasteiger partial charge in [0.05, 0.1) is 40.1 Å². The van der Waals surface area contributed by atoms with E-state index in [2.05, 4.69) is 51.6 Å². The van der Waals surface area contributed by atoms with Crippen molar-refractivity contribution in [1.29, 1.82) is 0 Å². The van der Waals surface area contributed by atoms with Crippen LogP contribution >= 0.6 is 0 Å². The normalized spacial score (nSPS) is 25.8. The van der Waals surface area contributed by atoms with E-state index in [1.54, 1.807) is 14.2 Å². The molecule has 4 aromatic rings. The summed E-state index contributed by atoms with van der Waals surface area (Å²) in [7, 11) is 1.36. The zero-order valence-corrected chi connectivity index (χ0v) is 42.8. The summed E-state index contributed by atoms with van der Waals surface area (Å²) >= 11 is 0. The Morgan fingerprint density at radius 1 is 0.671 bits per heavy atom. The number of ether oxygens (including phenoxy) is 11. The van der Waals surface area contributed by atoms with Crippen LogP contribution in [-0.2, 0) is 74.7 Å². The second-order valence-corrected chi connectivity index (χ2v) is 22.7. The van der Waals surface area contributed by atoms with Crippen molar-refractivity contribution in [1.82, 2.24) is 0 Å². The van der Waals surface area contributed by atoms with Crippen molar-refractivity contribution < 1.29 is 70.9 Å². The molecular formula is C54H68O15Si. The fraction of sp³-hybridized carbons (Fsp3) is 0.463. The molecule has 0 aromatic heterocycles. The minimum absolute atomic E-state index is 0.00926. The molecule has 0 bridgehead atoms. The highest BCUT2D eigenvalue weighted by atomic mass is 28.4. The van der Waals surface area contributed by atoms with Crippen LogP contribution in [0.2, 0.25) is 5.04 Å². The van der Waals surface area contributed by atoms with Gasteiger partial charge in [-0.25, -0.2) is 0 Å². The van der Waals surface area contributed by atoms with E-state index >= 15 is 0 Å². The fourth-order valence-electron chi connectivity index (χ4n) is 9.30. The van der Waals surface area contributed by atoms with Crippen molar-refractivity contribution in [3.05, 3.63) is 133 Å². The van der Waals surface area contributed by atoms with Gasteiger partial charge in [-0.05, 0) is 57.7 Å². The molecule has 0 N–H and O–H groups in total. The second-order valence-electron chi connectivity index (χ2n) is 18.4. The average molecular weight is 985 g/mol. The maximum atomic E-state index is 13.1. The minimum atomic E-state index is -3.21. The molecule has 70 heavy (non-hydrogen) atoms. The Labute approximate surface area is 412 Å². The van der Waals surface area contributed by atoms with Crippen LogP contribution < -0.4 is 19.8 Å². The predicted octanol–water partition coefficient (Wildman–Crippen LogP) is 6.65. The Morgan fingerprint density at radius 2 is 1.19 bits per heavy atom. The molecule has 2 aliphatic heterocycles. The van der Waals surface area contributed by atoms with Gasteiger partial charge in [0, 0.05) is 27.9 Å². The molecule has 0 amide bonds. The van der Waals surface area contributed by atoms with Gasteiger partial charge < -0.3 is 56.5 Å². The van der Waals surface area contributed by atoms with Gasteiger partial charge in [-0.2, -0.15) is 0 Å². The molecule has 6 rings (SSSR count). The van der Waals surface area contributed by atoms with Gasteiger partial charge in [0.15, 0.2) is 24.1 Å². The lowest BCUT2D eigenvalue weighted by atomic mass is 9.86. The van der Waals surface area contributed by atoms with Crippen LogP contribution in [0.4, 0.5) is 0 Å². The van der Waals surface area contributed by atoms with Gasteiger partial charge in [0.1, 0.15) is 48.6 Å². The highest BCUT2D eigenvalue weighted by Crippen LogP contribution is 2.42. The van der Waals surface area contributed by atoms with E-state index in [1.165, 1.54) is 34.0 Å². The number of hydrogen-bond donors (Lipinski definition) is 0. The Kier molecular flexibility index (Phi) is 18.6. The molecule has 0 aliphatic carbocycles. The number of methoxy groups -OCH3 is 3. The van der Waals surface area contributed by atoms with Crippen molar-refractivity contribution >= 4 is 36.6 Å². The third-order valence-electron chi connectivity index (χ3n) is 12.7. The maximum absolute atomic E-state index is 13.1. The first kappa shape index (κ1) is 53.9. The Morgan fingerprint density at radius 3 is 1.63 bits per heavy atom. The summed E-state index contributed by atoms with van der Waals surface area (Å²) in [5.74, 6) is -0.676. The smallest absolute Gasteiger partial charge is 0.303 e. The van der Waals surface area contributed by atoms with Crippen LogP contribution in [0.1, 0.15) is 59.6 Å². The number of carbonyl (C=O) groups excluding carboxylic acids is 3. The summed E-state index contributed by atoms with van der Waals surface area (Å²) in [4.78, 5) is 38.2. The molecule has 4 aromatic carbocycles. The van der Waals surface area contributed by atoms with Crippen LogP contribution in [-0.4, -0.2) is 121 Å². The number of benzene rings is 4. The molecule has 2 fully saturated rings. The molecule has 0 saturated carbocycles.